The van der Waals surface area contributed by atoms with Crippen LogP contribution in [0.2, 0.25) is 0 Å². The van der Waals surface area contributed by atoms with Crippen molar-refractivity contribution in [3.8, 4) is 0 Å². The second-order valence-electron chi connectivity index (χ2n) is 23.4. The van der Waals surface area contributed by atoms with Crippen LogP contribution in [-0.2, 0) is 80.6 Å². The molecule has 24 nitrogen and oxygen atoms in total. The minimum absolute atomic E-state index is 0.00350. The zero-order valence-corrected chi connectivity index (χ0v) is 53.6. The fourth-order valence-corrected chi connectivity index (χ4v) is 15.6. The molecule has 0 aromatic heterocycles. The summed E-state index contributed by atoms with van der Waals surface area (Å²) in [4.78, 5) is 49.7. The Bertz CT molecular complexity index is 4160. The Hall–Kier alpha value is -6.41. The Morgan fingerprint density at radius 2 is 1.22 bits per heavy atom. The van der Waals surface area contributed by atoms with E-state index >= 15 is 0 Å². The summed E-state index contributed by atoms with van der Waals surface area (Å²) in [5, 5.41) is 17.6. The van der Waals surface area contributed by atoms with E-state index in [9.17, 15) is 84.0 Å². The number of carboxylic acids is 1. The van der Waals surface area contributed by atoms with Crippen LogP contribution in [0.4, 0.5) is 5.69 Å². The number of unbranched alkanes of at least 4 members (excludes halogenated alkanes) is 2. The number of hydrogen-bond acceptors (Lipinski definition) is 15. The molecule has 7 rings (SSSR count). The molecule has 3 aliphatic rings. The van der Waals surface area contributed by atoms with Gasteiger partial charge >= 0.3 is 5.97 Å². The van der Waals surface area contributed by atoms with Crippen LogP contribution in [0.1, 0.15) is 153 Å². The number of anilines is 1. The van der Waals surface area contributed by atoms with Crippen LogP contribution in [0.15, 0.2) is 110 Å². The number of nitrogens with zero attached hydrogens (tertiary/aromatic N) is 1. The third kappa shape index (κ3) is 17.4. The van der Waals surface area contributed by atoms with Gasteiger partial charge in [-0.05, 0) is 153 Å². The topological polar surface area (TPSA) is 400 Å². The fraction of sp³-hybridized carbons (Fsp3) is 0.467. The van der Waals surface area contributed by atoms with Crippen molar-refractivity contribution in [1.29, 1.82) is 0 Å². The highest BCUT2D eigenvalue weighted by atomic mass is 32.2. The fourth-order valence-electron chi connectivity index (χ4n) is 12.5. The molecular formula is C60H76N4O20S5. The SMILES string of the molecule is CC1(C)C2=C(CCCCCC(=O)NC(C(=O)NCCCCCC(=O)O)CCCCNC(=O)CCCCCC3(C)C(=CC=CC=C2)N(CCCS(=O)(=O)O)c2ccc4c(S(=O)(=O)O)cc(S(=O)(=O)O)cc4c23)c2ccc3c(S(=O)(=O)O)cc(S(=O)(=O)O)cc3c21. The lowest BCUT2D eigenvalue weighted by Gasteiger charge is -2.31. The molecular weight excluding hydrogens is 1260 g/mol. The average Bonchev–Trinajstić information content (AvgIpc) is 1.63. The number of carbonyl (C=O) groups excluding carboxylic acids is 3. The van der Waals surface area contributed by atoms with Gasteiger partial charge in [-0.15, -0.1) is 0 Å². The molecule has 2 aliphatic heterocycles. The number of amides is 3. The van der Waals surface area contributed by atoms with Crippen molar-refractivity contribution in [2.75, 3.05) is 30.3 Å². The maximum absolute atomic E-state index is 13.5. The minimum Gasteiger partial charge on any atom is -0.481 e. The summed E-state index contributed by atoms with van der Waals surface area (Å²) in [6.45, 7) is 5.95. The van der Waals surface area contributed by atoms with Crippen molar-refractivity contribution in [1.82, 2.24) is 16.0 Å². The highest BCUT2D eigenvalue weighted by Gasteiger charge is 2.45. The predicted molar refractivity (Wildman–Crippen MR) is 333 cm³/mol. The highest BCUT2D eigenvalue weighted by Crippen LogP contribution is 2.55. The van der Waals surface area contributed by atoms with Gasteiger partial charge in [-0.3, -0.25) is 41.9 Å². The summed E-state index contributed by atoms with van der Waals surface area (Å²) in [5.41, 5.74) is 1.54. The number of rotatable bonds is 15. The molecule has 3 amide bonds. The second-order valence-corrected chi connectivity index (χ2v) is 30.6. The monoisotopic (exact) mass is 1330 g/mol. The maximum atomic E-state index is 13.5. The highest BCUT2D eigenvalue weighted by molar-refractivity contribution is 7.87. The van der Waals surface area contributed by atoms with Crippen LogP contribution in [0.5, 0.6) is 0 Å². The van der Waals surface area contributed by atoms with E-state index in [1.54, 1.807) is 47.4 Å². The number of benzene rings is 4. The Balaban J connectivity index is 1.33. The van der Waals surface area contributed by atoms with E-state index in [0.717, 1.165) is 17.7 Å². The number of carboxylic acid groups (broad SMARTS) is 1. The lowest BCUT2D eigenvalue weighted by atomic mass is 9.75. The number of hydrogen-bond donors (Lipinski definition) is 9. The third-order valence-electron chi connectivity index (χ3n) is 16.6. The number of fused-ring (bicyclic) bond motifs is 9. The van der Waals surface area contributed by atoms with E-state index in [1.807, 2.05) is 20.8 Å². The van der Waals surface area contributed by atoms with Crippen LogP contribution in [0.3, 0.4) is 0 Å². The van der Waals surface area contributed by atoms with E-state index in [0.29, 0.717) is 123 Å². The van der Waals surface area contributed by atoms with E-state index in [-0.39, 0.29) is 91.5 Å². The van der Waals surface area contributed by atoms with Gasteiger partial charge in [-0.25, -0.2) is 0 Å². The van der Waals surface area contributed by atoms with Gasteiger partial charge in [0.15, 0.2) is 0 Å². The van der Waals surface area contributed by atoms with Gasteiger partial charge < -0.3 is 26.0 Å². The summed E-state index contributed by atoms with van der Waals surface area (Å²) >= 11 is 0. The van der Waals surface area contributed by atoms with Gasteiger partial charge in [0, 0.05) is 71.9 Å². The predicted octanol–water partition coefficient (Wildman–Crippen LogP) is 8.52. The molecule has 1 aliphatic carbocycles. The Morgan fingerprint density at radius 1 is 0.629 bits per heavy atom. The largest absolute Gasteiger partial charge is 0.481 e. The standard InChI is InChI=1S/C60H76N4O20S5/c1-59(2)47-20-9-5-10-22-52-60(3,57-46-36-40(87(76,77)78)38-51(89(82,83)84)43(46)28-29-49(57)64(52)33-18-34-85(70,71)72)30-15-6-12-23-53(65)61-31-17-14-21-48(58(69)62-32-16-7-13-25-55(67)68)63-54(66)24-11-4-8-19-41(47)44-27-26-42-45(56(44)59)35-39(86(73,74)75)37-50(42)88(79,80)81/h5,9-10,20,22,26-29,35-38,48H,4,6-8,11-19,21,23-25,30-34H2,1-3H3,(H,61,65)(H,62,69)(H,63,66)(H,67,68)(H,70,71,72)(H,73,74,75)(H,76,77,78)(H,79,80,81)(H,82,83,84). The Labute approximate surface area is 519 Å². The third-order valence-corrected chi connectivity index (χ3v) is 20.9. The Morgan fingerprint density at radius 3 is 1.83 bits per heavy atom. The summed E-state index contributed by atoms with van der Waals surface area (Å²) in [6.07, 6.45) is 14.6. The minimum atomic E-state index is -5.15. The molecule has 0 bridgehead atoms. The van der Waals surface area contributed by atoms with E-state index < -0.39 is 105 Å². The number of nitrogens with one attached hydrogen (secondary N) is 3. The lowest BCUT2D eigenvalue weighted by molar-refractivity contribution is -0.137. The van der Waals surface area contributed by atoms with Gasteiger partial charge in [0.1, 0.15) is 15.8 Å². The first-order valence-corrected chi connectivity index (χ1v) is 36.6. The summed E-state index contributed by atoms with van der Waals surface area (Å²) in [6, 6.07) is 8.63. The van der Waals surface area contributed by atoms with Crippen LogP contribution >= 0.6 is 0 Å². The molecule has 2 atom stereocenters. The van der Waals surface area contributed by atoms with Crippen LogP contribution < -0.4 is 20.9 Å². The number of allylic oxidation sites excluding steroid dienone is 8. The molecule has 2 heterocycles. The maximum Gasteiger partial charge on any atom is 0.303 e. The van der Waals surface area contributed by atoms with Crippen molar-refractivity contribution in [3.63, 3.8) is 0 Å². The Kier molecular flexibility index (Phi) is 22.4. The second kappa shape index (κ2) is 28.4. The normalized spacial score (nSPS) is 19.9. The van der Waals surface area contributed by atoms with E-state index in [2.05, 4.69) is 16.0 Å². The molecule has 2 unspecified atom stereocenters. The molecule has 29 heteroatoms. The van der Waals surface area contributed by atoms with Crippen LogP contribution in [0, 0.1) is 0 Å². The average molecular weight is 1330 g/mol. The number of aliphatic carboxylic acids is 1. The molecule has 0 saturated heterocycles. The molecule has 0 radical (unpaired) electrons. The van der Waals surface area contributed by atoms with Crippen LogP contribution in [-0.4, -0.2) is 125 Å². The van der Waals surface area contributed by atoms with Gasteiger partial charge in [-0.1, -0.05) is 82.0 Å². The van der Waals surface area contributed by atoms with Crippen molar-refractivity contribution in [2.45, 2.75) is 173 Å². The smallest absolute Gasteiger partial charge is 0.303 e. The van der Waals surface area contributed by atoms with Crippen molar-refractivity contribution in [3.05, 3.63) is 107 Å². The van der Waals surface area contributed by atoms with Crippen molar-refractivity contribution in [2.24, 2.45) is 0 Å². The summed E-state index contributed by atoms with van der Waals surface area (Å²) in [5.74, 6) is -2.61. The van der Waals surface area contributed by atoms with Crippen molar-refractivity contribution >= 4 is 107 Å². The van der Waals surface area contributed by atoms with E-state index in [1.165, 1.54) is 12.1 Å². The van der Waals surface area contributed by atoms with Gasteiger partial charge in [0.25, 0.3) is 50.6 Å². The molecule has 486 valence electrons. The molecule has 89 heavy (non-hydrogen) atoms. The van der Waals surface area contributed by atoms with Gasteiger partial charge in [0.2, 0.25) is 17.7 Å². The van der Waals surface area contributed by atoms with Crippen LogP contribution in [0.25, 0.3) is 27.1 Å². The zero-order chi connectivity index (χ0) is 65.5. The zero-order valence-electron chi connectivity index (χ0n) is 49.5. The molecule has 0 fully saturated rings. The molecule has 4 aromatic carbocycles. The van der Waals surface area contributed by atoms with E-state index in [4.69, 9.17) is 5.11 Å². The quantitative estimate of drug-likeness (QED) is 0.0397. The first kappa shape index (κ1) is 70.1. The van der Waals surface area contributed by atoms with Gasteiger partial charge in [-0.2, -0.15) is 42.1 Å². The molecule has 9 N–H and O–H groups in total. The molecule has 0 spiro atoms. The summed E-state index contributed by atoms with van der Waals surface area (Å²) < 4.78 is 178. The first-order chi connectivity index (χ1) is 41.5. The number of carbonyl (C=O) groups is 4. The lowest BCUT2D eigenvalue weighted by Crippen LogP contribution is -2.47. The molecule has 4 aromatic rings. The van der Waals surface area contributed by atoms with Crippen molar-refractivity contribution < 1.29 is 89.1 Å². The first-order valence-electron chi connectivity index (χ1n) is 29.2. The molecule has 0 saturated carbocycles. The summed E-state index contributed by atoms with van der Waals surface area (Å²) in [7, 11) is -24.8. The van der Waals surface area contributed by atoms with Gasteiger partial charge in [0.05, 0.1) is 15.5 Å².